The molecule has 0 spiro atoms. The van der Waals surface area contributed by atoms with Crippen LogP contribution in [0.3, 0.4) is 0 Å². The number of carboxylic acids is 1. The highest BCUT2D eigenvalue weighted by atomic mass is 32.1. The molecule has 0 bridgehead atoms. The predicted octanol–water partition coefficient (Wildman–Crippen LogP) is 0.0834. The molecule has 5 N–H and O–H groups in total. The molecule has 0 aliphatic carbocycles. The lowest BCUT2D eigenvalue weighted by Crippen LogP contribution is -2.49. The van der Waals surface area contributed by atoms with Gasteiger partial charge in [-0.25, -0.2) is 0 Å². The molecule has 0 heterocycles. The normalized spacial score (nSPS) is 15.5. The van der Waals surface area contributed by atoms with E-state index in [4.69, 9.17) is 16.6 Å². The number of carbonyl (C=O) groups excluding carboxylic acids is 1. The molecule has 3 atom stereocenters. The van der Waals surface area contributed by atoms with E-state index in [-0.39, 0.29) is 18.0 Å². The van der Waals surface area contributed by atoms with Gasteiger partial charge in [0.15, 0.2) is 5.78 Å². The molecule has 1 rings (SSSR count). The summed E-state index contributed by atoms with van der Waals surface area (Å²) in [4.78, 5) is 23.1. The van der Waals surface area contributed by atoms with Gasteiger partial charge in [0.1, 0.15) is 6.04 Å². The number of Topliss-reactive ketones (excluding diaryl/α,β-unsaturated/α-hetero) is 1. The molecule has 104 valence electrons. The van der Waals surface area contributed by atoms with Crippen molar-refractivity contribution < 1.29 is 14.7 Å². The molecule has 1 aromatic carbocycles. The van der Waals surface area contributed by atoms with Gasteiger partial charge < -0.3 is 16.6 Å². The first kappa shape index (κ1) is 15.7. The number of aliphatic carboxylic acids is 1. The summed E-state index contributed by atoms with van der Waals surface area (Å²) in [7, 11) is 0. The first-order valence-electron chi connectivity index (χ1n) is 5.89. The van der Waals surface area contributed by atoms with Crippen LogP contribution in [0.25, 0.3) is 0 Å². The number of rotatable bonds is 7. The molecule has 0 aliphatic rings. The number of nitrogens with two attached hydrogens (primary N) is 2. The van der Waals surface area contributed by atoms with Gasteiger partial charge in [-0.15, -0.1) is 0 Å². The maximum atomic E-state index is 12.1. The van der Waals surface area contributed by atoms with Gasteiger partial charge in [-0.05, 0) is 12.0 Å². The van der Waals surface area contributed by atoms with Gasteiger partial charge in [0.25, 0.3) is 0 Å². The molecule has 5 nitrogen and oxygen atoms in total. The minimum atomic E-state index is -1.27. The highest BCUT2D eigenvalue weighted by Gasteiger charge is 2.33. The van der Waals surface area contributed by atoms with Crippen molar-refractivity contribution in [1.29, 1.82) is 0 Å². The molecule has 6 heteroatoms. The molecular weight excluding hydrogens is 264 g/mol. The Morgan fingerprint density at radius 1 is 1.21 bits per heavy atom. The highest BCUT2D eigenvalue weighted by Crippen LogP contribution is 2.15. The number of hydrogen-bond acceptors (Lipinski definition) is 5. The Kier molecular flexibility index (Phi) is 6.01. The van der Waals surface area contributed by atoms with Gasteiger partial charge in [-0.2, -0.15) is 12.6 Å². The van der Waals surface area contributed by atoms with Crippen LogP contribution in [-0.4, -0.2) is 34.7 Å². The van der Waals surface area contributed by atoms with E-state index in [9.17, 15) is 9.59 Å². The van der Waals surface area contributed by atoms with Crippen molar-refractivity contribution in [2.24, 2.45) is 17.4 Å². The molecule has 3 unspecified atom stereocenters. The smallest absolute Gasteiger partial charge is 0.321 e. The van der Waals surface area contributed by atoms with Gasteiger partial charge >= 0.3 is 5.97 Å². The lowest BCUT2D eigenvalue weighted by atomic mass is 9.86. The van der Waals surface area contributed by atoms with E-state index in [2.05, 4.69) is 12.6 Å². The van der Waals surface area contributed by atoms with Gasteiger partial charge in [-0.1, -0.05) is 30.3 Å². The van der Waals surface area contributed by atoms with Crippen LogP contribution in [0, 0.1) is 5.92 Å². The molecule has 0 radical (unpaired) electrons. The number of carboxylic acid groups (broad SMARTS) is 1. The highest BCUT2D eigenvalue weighted by molar-refractivity contribution is 7.80. The van der Waals surface area contributed by atoms with Crippen LogP contribution in [0.5, 0.6) is 0 Å². The third-order valence-electron chi connectivity index (χ3n) is 2.94. The number of benzene rings is 1. The Morgan fingerprint density at radius 2 is 1.79 bits per heavy atom. The average Bonchev–Trinajstić information content (AvgIpc) is 2.43. The minimum absolute atomic E-state index is 0.163. The number of ketones is 1. The largest absolute Gasteiger partial charge is 0.480 e. The first-order chi connectivity index (χ1) is 8.97. The van der Waals surface area contributed by atoms with E-state index in [1.54, 1.807) is 0 Å². The maximum Gasteiger partial charge on any atom is 0.321 e. The first-order valence-corrected chi connectivity index (χ1v) is 6.53. The van der Waals surface area contributed by atoms with Crippen molar-refractivity contribution in [1.82, 2.24) is 0 Å². The zero-order valence-electron chi connectivity index (χ0n) is 10.4. The van der Waals surface area contributed by atoms with Crippen molar-refractivity contribution in [3.63, 3.8) is 0 Å². The Hall–Kier alpha value is -1.37. The molecule has 1 aromatic rings. The second-order valence-electron chi connectivity index (χ2n) is 4.35. The fourth-order valence-corrected chi connectivity index (χ4v) is 1.99. The second-order valence-corrected chi connectivity index (χ2v) is 4.72. The van der Waals surface area contributed by atoms with Crippen LogP contribution in [-0.2, 0) is 16.0 Å². The van der Waals surface area contributed by atoms with Crippen molar-refractivity contribution in [2.45, 2.75) is 18.5 Å². The van der Waals surface area contributed by atoms with Gasteiger partial charge in [0.05, 0.1) is 6.04 Å². The van der Waals surface area contributed by atoms with Gasteiger partial charge in [0, 0.05) is 11.7 Å². The lowest BCUT2D eigenvalue weighted by Gasteiger charge is -2.22. The second kappa shape index (κ2) is 7.28. The molecule has 0 saturated carbocycles. The summed E-state index contributed by atoms with van der Waals surface area (Å²) < 4.78 is 0. The number of hydrogen-bond donors (Lipinski definition) is 4. The molecular formula is C13H18N2O3S. The molecule has 0 fully saturated rings. The van der Waals surface area contributed by atoms with Crippen LogP contribution >= 0.6 is 12.6 Å². The molecule has 0 aliphatic heterocycles. The van der Waals surface area contributed by atoms with Gasteiger partial charge in [-0.3, -0.25) is 9.59 Å². The van der Waals surface area contributed by atoms with Crippen molar-refractivity contribution >= 4 is 24.4 Å². The third kappa shape index (κ3) is 4.34. The van der Waals surface area contributed by atoms with Crippen molar-refractivity contribution in [3.8, 4) is 0 Å². The summed E-state index contributed by atoms with van der Waals surface area (Å²) in [6.07, 6.45) is 0.259. The van der Waals surface area contributed by atoms with Crippen LogP contribution in [0.15, 0.2) is 30.3 Å². The summed E-state index contributed by atoms with van der Waals surface area (Å²) >= 11 is 3.96. The average molecular weight is 282 g/mol. The minimum Gasteiger partial charge on any atom is -0.480 e. The topological polar surface area (TPSA) is 106 Å². The number of carbonyl (C=O) groups is 2. The van der Waals surface area contributed by atoms with Crippen LogP contribution in [0.2, 0.25) is 0 Å². The summed E-state index contributed by atoms with van der Waals surface area (Å²) in [5.41, 5.74) is 12.1. The fraction of sp³-hybridized carbons (Fsp3) is 0.385. The van der Waals surface area contributed by atoms with E-state index >= 15 is 0 Å². The van der Waals surface area contributed by atoms with E-state index in [0.717, 1.165) is 5.56 Å². The summed E-state index contributed by atoms with van der Waals surface area (Å²) in [5.74, 6) is -2.26. The SMILES string of the molecule is NC(CS)C(=O)C(Cc1ccccc1)C(N)C(=O)O. The predicted molar refractivity (Wildman–Crippen MR) is 76.1 cm³/mol. The van der Waals surface area contributed by atoms with Crippen LogP contribution < -0.4 is 11.5 Å². The molecule has 19 heavy (non-hydrogen) atoms. The summed E-state index contributed by atoms with van der Waals surface area (Å²) in [6.45, 7) is 0. The quantitative estimate of drug-likeness (QED) is 0.530. The Balaban J connectivity index is 2.93. The molecule has 0 saturated heterocycles. The standard InChI is InChI=1S/C13H18N2O3S/c14-10(7-19)12(16)9(11(15)13(17)18)6-8-4-2-1-3-5-8/h1-5,9-11,19H,6-7,14-15H2,(H,17,18). The third-order valence-corrected chi connectivity index (χ3v) is 3.34. The van der Waals surface area contributed by atoms with E-state index in [1.165, 1.54) is 0 Å². The maximum absolute atomic E-state index is 12.1. The zero-order valence-corrected chi connectivity index (χ0v) is 11.3. The Bertz CT molecular complexity index is 439. The summed E-state index contributed by atoms with van der Waals surface area (Å²) in [6, 6.07) is 7.06. The Morgan fingerprint density at radius 3 is 2.26 bits per heavy atom. The van der Waals surface area contributed by atoms with E-state index < -0.39 is 24.0 Å². The monoisotopic (exact) mass is 282 g/mol. The number of thiol groups is 1. The Labute approximate surface area is 117 Å². The zero-order chi connectivity index (χ0) is 14.4. The van der Waals surface area contributed by atoms with Crippen LogP contribution in [0.4, 0.5) is 0 Å². The lowest BCUT2D eigenvalue weighted by molar-refractivity contribution is -0.142. The van der Waals surface area contributed by atoms with Crippen molar-refractivity contribution in [2.75, 3.05) is 5.75 Å². The van der Waals surface area contributed by atoms with Crippen LogP contribution in [0.1, 0.15) is 5.56 Å². The fourth-order valence-electron chi connectivity index (χ4n) is 1.81. The summed E-state index contributed by atoms with van der Waals surface area (Å²) in [5, 5.41) is 9.00. The van der Waals surface area contributed by atoms with E-state index in [0.29, 0.717) is 0 Å². The van der Waals surface area contributed by atoms with Crippen molar-refractivity contribution in [3.05, 3.63) is 35.9 Å². The van der Waals surface area contributed by atoms with E-state index in [1.807, 2.05) is 30.3 Å². The molecule has 0 amide bonds. The van der Waals surface area contributed by atoms with Gasteiger partial charge in [0.2, 0.25) is 0 Å². The molecule has 0 aromatic heterocycles.